The lowest BCUT2D eigenvalue weighted by Crippen LogP contribution is -2.06. The smallest absolute Gasteiger partial charge is 0.172 e. The predicted octanol–water partition coefficient (Wildman–Crippen LogP) is 5.23. The minimum Gasteiger partial charge on any atom is -0.503 e. The molecule has 126 valence electrons. The topological polar surface area (TPSA) is 47.3 Å². The van der Waals surface area contributed by atoms with Gasteiger partial charge in [0.1, 0.15) is 5.82 Å². The van der Waals surface area contributed by atoms with Crippen molar-refractivity contribution in [2.75, 3.05) is 6.61 Å². The first-order chi connectivity index (χ1) is 11.5. The molecule has 1 N–H and O–H groups in total. The summed E-state index contributed by atoms with van der Waals surface area (Å²) in [6, 6.07) is 11.9. The molecule has 0 unspecified atom stereocenters. The molecule has 4 nitrogen and oxygen atoms in total. The molecule has 0 saturated carbocycles. The second-order valence-electron chi connectivity index (χ2n) is 6.17. The van der Waals surface area contributed by atoms with Gasteiger partial charge in [-0.25, -0.2) is 4.98 Å². The Bertz CT molecular complexity index is 871. The molecule has 1 aromatic heterocycles. The first-order valence-electron chi connectivity index (χ1n) is 8.12. The van der Waals surface area contributed by atoms with Crippen molar-refractivity contribution in [3.8, 4) is 22.9 Å². The Kier molecular flexibility index (Phi) is 4.81. The fourth-order valence-corrected chi connectivity index (χ4v) is 3.26. The number of imidazole rings is 1. The molecule has 0 aliphatic rings. The molecular weight excluding hydrogens is 368 g/mol. The molecule has 0 radical (unpaired) electrons. The predicted molar refractivity (Wildman–Crippen MR) is 101 cm³/mol. The van der Waals surface area contributed by atoms with Crippen LogP contribution in [0.2, 0.25) is 0 Å². The van der Waals surface area contributed by atoms with Crippen LogP contribution in [0.4, 0.5) is 0 Å². The number of aromatic nitrogens is 2. The molecule has 0 fully saturated rings. The Morgan fingerprint density at radius 3 is 2.71 bits per heavy atom. The van der Waals surface area contributed by atoms with E-state index in [1.54, 1.807) is 0 Å². The molecule has 0 aliphatic heterocycles. The van der Waals surface area contributed by atoms with E-state index in [1.807, 2.05) is 37.3 Å². The number of hydrogen-bond donors (Lipinski definition) is 1. The molecule has 0 atom stereocenters. The summed E-state index contributed by atoms with van der Waals surface area (Å²) in [4.78, 5) is 4.81. The van der Waals surface area contributed by atoms with Crippen molar-refractivity contribution in [3.05, 3.63) is 40.9 Å². The molecule has 0 spiro atoms. The Balaban J connectivity index is 2.22. The first-order valence-corrected chi connectivity index (χ1v) is 8.91. The second-order valence-corrected chi connectivity index (χ2v) is 7.02. The number of hydrogen-bond acceptors (Lipinski definition) is 3. The minimum absolute atomic E-state index is 0.118. The quantitative estimate of drug-likeness (QED) is 0.650. The van der Waals surface area contributed by atoms with Crippen molar-refractivity contribution >= 4 is 27.0 Å². The van der Waals surface area contributed by atoms with Gasteiger partial charge in [0.2, 0.25) is 0 Å². The summed E-state index contributed by atoms with van der Waals surface area (Å²) in [7, 11) is 0. The van der Waals surface area contributed by atoms with Crippen molar-refractivity contribution < 1.29 is 9.84 Å². The van der Waals surface area contributed by atoms with Crippen LogP contribution in [0.25, 0.3) is 22.4 Å². The van der Waals surface area contributed by atoms with E-state index in [-0.39, 0.29) is 5.75 Å². The lowest BCUT2D eigenvalue weighted by molar-refractivity contribution is 0.317. The van der Waals surface area contributed by atoms with Gasteiger partial charge in [0.25, 0.3) is 0 Å². The van der Waals surface area contributed by atoms with Gasteiger partial charge in [0, 0.05) is 12.1 Å². The summed E-state index contributed by atoms with van der Waals surface area (Å²) in [5.74, 6) is 1.96. The number of rotatable bonds is 5. The molecule has 2 aromatic carbocycles. The molecule has 0 aliphatic carbocycles. The van der Waals surface area contributed by atoms with E-state index >= 15 is 0 Å². The van der Waals surface area contributed by atoms with Crippen LogP contribution < -0.4 is 4.74 Å². The summed E-state index contributed by atoms with van der Waals surface area (Å²) >= 11 is 3.42. The molecule has 0 saturated heterocycles. The molecule has 3 rings (SSSR count). The number of fused-ring (bicyclic) bond motifs is 1. The van der Waals surface area contributed by atoms with Crippen LogP contribution in [-0.2, 0) is 6.54 Å². The standard InChI is InChI=1S/C19H21BrN2O2/c1-4-24-17-10-13(9-14(20)18(17)23)19-21-15-7-5-6-8-16(15)22(19)11-12(2)3/h5-10,12,23H,4,11H2,1-3H3. The first kappa shape index (κ1) is 16.8. The number of halogens is 1. The van der Waals surface area contributed by atoms with Crippen LogP contribution >= 0.6 is 15.9 Å². The molecule has 5 heteroatoms. The Labute approximate surface area is 150 Å². The van der Waals surface area contributed by atoms with Gasteiger partial charge in [-0.3, -0.25) is 0 Å². The lowest BCUT2D eigenvalue weighted by Gasteiger charge is -2.14. The third-order valence-corrected chi connectivity index (χ3v) is 4.39. The van der Waals surface area contributed by atoms with E-state index in [9.17, 15) is 5.11 Å². The highest BCUT2D eigenvalue weighted by Crippen LogP contribution is 2.39. The number of ether oxygens (including phenoxy) is 1. The summed E-state index contributed by atoms with van der Waals surface area (Å²) in [6.07, 6.45) is 0. The van der Waals surface area contributed by atoms with E-state index in [1.165, 1.54) is 0 Å². The summed E-state index contributed by atoms with van der Waals surface area (Å²) in [5.41, 5.74) is 3.00. The molecule has 0 bridgehead atoms. The van der Waals surface area contributed by atoms with Gasteiger partial charge in [-0.15, -0.1) is 0 Å². The van der Waals surface area contributed by atoms with Gasteiger partial charge >= 0.3 is 0 Å². The summed E-state index contributed by atoms with van der Waals surface area (Å²) in [6.45, 7) is 7.64. The fraction of sp³-hybridized carbons (Fsp3) is 0.316. The van der Waals surface area contributed by atoms with Gasteiger partial charge in [0.05, 0.1) is 22.1 Å². The lowest BCUT2D eigenvalue weighted by atomic mass is 10.1. The Morgan fingerprint density at radius 1 is 1.25 bits per heavy atom. The van der Waals surface area contributed by atoms with E-state index in [4.69, 9.17) is 9.72 Å². The minimum atomic E-state index is 0.118. The number of nitrogens with zero attached hydrogens (tertiary/aromatic N) is 2. The average Bonchev–Trinajstić information content (AvgIpc) is 2.90. The van der Waals surface area contributed by atoms with E-state index < -0.39 is 0 Å². The number of benzene rings is 2. The number of phenols is 1. The maximum absolute atomic E-state index is 10.2. The van der Waals surface area contributed by atoms with Gasteiger partial charge in [0.15, 0.2) is 11.5 Å². The van der Waals surface area contributed by atoms with Gasteiger partial charge in [-0.2, -0.15) is 0 Å². The zero-order valence-electron chi connectivity index (χ0n) is 14.1. The zero-order valence-corrected chi connectivity index (χ0v) is 15.7. The van der Waals surface area contributed by atoms with Crippen LogP contribution in [0.5, 0.6) is 11.5 Å². The normalized spacial score (nSPS) is 11.4. The number of aromatic hydroxyl groups is 1. The van der Waals surface area contributed by atoms with Crippen molar-refractivity contribution in [1.82, 2.24) is 9.55 Å². The van der Waals surface area contributed by atoms with Crippen LogP contribution in [0.15, 0.2) is 40.9 Å². The van der Waals surface area contributed by atoms with E-state index in [2.05, 4.69) is 40.4 Å². The number of phenolic OH excluding ortho intramolecular Hbond substituents is 1. The molecule has 0 amide bonds. The summed E-state index contributed by atoms with van der Waals surface area (Å²) in [5, 5.41) is 10.2. The average molecular weight is 389 g/mol. The monoisotopic (exact) mass is 388 g/mol. The maximum atomic E-state index is 10.2. The van der Waals surface area contributed by atoms with E-state index in [0.717, 1.165) is 29.0 Å². The Morgan fingerprint density at radius 2 is 2.00 bits per heavy atom. The van der Waals surface area contributed by atoms with Gasteiger partial charge in [-0.05, 0) is 53.0 Å². The van der Waals surface area contributed by atoms with Crippen molar-refractivity contribution in [3.63, 3.8) is 0 Å². The summed E-state index contributed by atoms with van der Waals surface area (Å²) < 4.78 is 8.39. The van der Waals surface area contributed by atoms with Crippen molar-refractivity contribution in [2.45, 2.75) is 27.3 Å². The van der Waals surface area contributed by atoms with Crippen LogP contribution in [-0.4, -0.2) is 21.3 Å². The van der Waals surface area contributed by atoms with Crippen molar-refractivity contribution in [2.24, 2.45) is 5.92 Å². The highest BCUT2D eigenvalue weighted by Gasteiger charge is 2.17. The highest BCUT2D eigenvalue weighted by molar-refractivity contribution is 9.10. The molecule has 1 heterocycles. The fourth-order valence-electron chi connectivity index (χ4n) is 2.81. The third kappa shape index (κ3) is 3.13. The van der Waals surface area contributed by atoms with Crippen LogP contribution in [0.3, 0.4) is 0 Å². The maximum Gasteiger partial charge on any atom is 0.172 e. The largest absolute Gasteiger partial charge is 0.503 e. The zero-order chi connectivity index (χ0) is 17.3. The molecular formula is C19H21BrN2O2. The van der Waals surface area contributed by atoms with Crippen LogP contribution in [0.1, 0.15) is 20.8 Å². The SMILES string of the molecule is CCOc1cc(-c2nc3ccccc3n2CC(C)C)cc(Br)c1O. The van der Waals surface area contributed by atoms with Gasteiger partial charge in [-0.1, -0.05) is 26.0 Å². The molecule has 24 heavy (non-hydrogen) atoms. The molecule has 3 aromatic rings. The number of para-hydroxylation sites is 2. The van der Waals surface area contributed by atoms with E-state index in [0.29, 0.717) is 22.7 Å². The Hall–Kier alpha value is -2.01. The van der Waals surface area contributed by atoms with Crippen LogP contribution in [0, 0.1) is 5.92 Å². The second kappa shape index (κ2) is 6.85. The van der Waals surface area contributed by atoms with Gasteiger partial charge < -0.3 is 14.4 Å². The highest BCUT2D eigenvalue weighted by atomic mass is 79.9. The third-order valence-electron chi connectivity index (χ3n) is 3.79. The van der Waals surface area contributed by atoms with Crippen molar-refractivity contribution in [1.29, 1.82) is 0 Å².